The summed E-state index contributed by atoms with van der Waals surface area (Å²) in [5.41, 5.74) is 7.21. The van der Waals surface area contributed by atoms with Crippen LogP contribution in [0.2, 0.25) is 5.02 Å². The number of rotatable bonds is 6. The fourth-order valence-electron chi connectivity index (χ4n) is 1.71. The Balaban J connectivity index is 1.73. The average molecular weight is 294 g/mol. The Morgan fingerprint density at radius 3 is 2.75 bits per heavy atom. The van der Waals surface area contributed by atoms with Crippen molar-refractivity contribution >= 4 is 17.5 Å². The zero-order valence-electron chi connectivity index (χ0n) is 10.9. The zero-order chi connectivity index (χ0) is 14.4. The van der Waals surface area contributed by atoms with Gasteiger partial charge in [-0.05, 0) is 24.1 Å². The van der Waals surface area contributed by atoms with Crippen LogP contribution in [-0.2, 0) is 24.3 Å². The van der Waals surface area contributed by atoms with E-state index in [9.17, 15) is 4.79 Å². The molecule has 0 saturated heterocycles. The summed E-state index contributed by atoms with van der Waals surface area (Å²) >= 11 is 5.81. The van der Waals surface area contributed by atoms with Crippen LogP contribution < -0.4 is 11.1 Å². The zero-order valence-corrected chi connectivity index (χ0v) is 11.7. The molecular weight excluding hydrogens is 278 g/mol. The Kier molecular flexibility index (Phi) is 5.09. The van der Waals surface area contributed by atoms with Crippen molar-refractivity contribution < 1.29 is 4.79 Å². The number of hydrogen-bond donors (Lipinski definition) is 2. The molecule has 0 radical (unpaired) electrons. The second-order valence-electron chi connectivity index (χ2n) is 4.34. The first kappa shape index (κ1) is 14.5. The van der Waals surface area contributed by atoms with Gasteiger partial charge >= 0.3 is 0 Å². The van der Waals surface area contributed by atoms with E-state index < -0.39 is 0 Å². The summed E-state index contributed by atoms with van der Waals surface area (Å²) in [5.74, 6) is -0.104. The van der Waals surface area contributed by atoms with E-state index in [0.717, 1.165) is 12.0 Å². The fraction of sp³-hybridized carbons (Fsp3) is 0.308. The van der Waals surface area contributed by atoms with Crippen molar-refractivity contribution in [3.63, 3.8) is 0 Å². The number of nitrogens with two attached hydrogens (primary N) is 1. The molecule has 0 atom stereocenters. The predicted octanol–water partition coefficient (Wildman–Crippen LogP) is 0.749. The highest BCUT2D eigenvalue weighted by Crippen LogP contribution is 2.09. The molecule has 1 amide bonds. The minimum absolute atomic E-state index is 0.104. The third-order valence-corrected chi connectivity index (χ3v) is 3.00. The van der Waals surface area contributed by atoms with Crippen LogP contribution in [0.1, 0.15) is 11.3 Å². The molecule has 2 aromatic rings. The molecule has 7 heteroatoms. The molecule has 0 aliphatic carbocycles. The first-order valence-electron chi connectivity index (χ1n) is 6.27. The molecular formula is C13H16ClN5O. The Morgan fingerprint density at radius 1 is 1.35 bits per heavy atom. The number of halogens is 1. The van der Waals surface area contributed by atoms with Gasteiger partial charge < -0.3 is 11.1 Å². The van der Waals surface area contributed by atoms with Crippen LogP contribution in [0.3, 0.4) is 0 Å². The molecule has 0 bridgehead atoms. The van der Waals surface area contributed by atoms with E-state index in [4.69, 9.17) is 17.3 Å². The molecule has 0 aliphatic rings. The second kappa shape index (κ2) is 7.02. The Morgan fingerprint density at radius 2 is 2.10 bits per heavy atom. The number of amides is 1. The third-order valence-electron chi connectivity index (χ3n) is 2.75. The smallest absolute Gasteiger partial charge is 0.241 e. The summed E-state index contributed by atoms with van der Waals surface area (Å²) in [6, 6.07) is 7.56. The lowest BCUT2D eigenvalue weighted by Crippen LogP contribution is -2.29. The SMILES string of the molecule is NCc1cn(CC(=O)NCCc2ccc(Cl)cc2)nn1. The molecule has 2 rings (SSSR count). The van der Waals surface area contributed by atoms with Crippen LogP contribution in [0.25, 0.3) is 0 Å². The van der Waals surface area contributed by atoms with E-state index in [2.05, 4.69) is 15.6 Å². The van der Waals surface area contributed by atoms with Crippen molar-refractivity contribution in [2.24, 2.45) is 5.73 Å². The number of hydrogen-bond acceptors (Lipinski definition) is 4. The van der Waals surface area contributed by atoms with Gasteiger partial charge in [-0.3, -0.25) is 4.79 Å². The summed E-state index contributed by atoms with van der Waals surface area (Å²) in [6.45, 7) is 1.03. The number of carbonyl (C=O) groups excluding carboxylic acids is 1. The van der Waals surface area contributed by atoms with E-state index in [1.807, 2.05) is 24.3 Å². The summed E-state index contributed by atoms with van der Waals surface area (Å²) in [6.07, 6.45) is 2.42. The van der Waals surface area contributed by atoms with Gasteiger partial charge in [0.05, 0.1) is 11.9 Å². The molecule has 0 spiro atoms. The Labute approximate surface area is 121 Å². The number of carbonyl (C=O) groups is 1. The highest BCUT2D eigenvalue weighted by Gasteiger charge is 2.05. The van der Waals surface area contributed by atoms with Gasteiger partial charge in [0.1, 0.15) is 6.54 Å². The minimum Gasteiger partial charge on any atom is -0.354 e. The van der Waals surface area contributed by atoms with Gasteiger partial charge in [-0.2, -0.15) is 0 Å². The molecule has 3 N–H and O–H groups in total. The van der Waals surface area contributed by atoms with E-state index in [-0.39, 0.29) is 12.5 Å². The van der Waals surface area contributed by atoms with Crippen LogP contribution in [0, 0.1) is 0 Å². The van der Waals surface area contributed by atoms with Crippen LogP contribution in [-0.4, -0.2) is 27.4 Å². The lowest BCUT2D eigenvalue weighted by atomic mass is 10.1. The molecule has 1 heterocycles. The highest BCUT2D eigenvalue weighted by atomic mass is 35.5. The molecule has 1 aromatic carbocycles. The standard InChI is InChI=1S/C13H16ClN5O/c14-11-3-1-10(2-4-11)5-6-16-13(20)9-19-8-12(7-15)17-18-19/h1-4,8H,5-7,9,15H2,(H,16,20). The van der Waals surface area contributed by atoms with Crippen molar-refractivity contribution in [1.29, 1.82) is 0 Å². The monoisotopic (exact) mass is 293 g/mol. The van der Waals surface area contributed by atoms with Crippen molar-refractivity contribution in [2.75, 3.05) is 6.54 Å². The van der Waals surface area contributed by atoms with Crippen molar-refractivity contribution in [1.82, 2.24) is 20.3 Å². The van der Waals surface area contributed by atoms with Gasteiger partial charge in [0, 0.05) is 18.1 Å². The van der Waals surface area contributed by atoms with E-state index in [0.29, 0.717) is 23.8 Å². The lowest BCUT2D eigenvalue weighted by molar-refractivity contribution is -0.121. The average Bonchev–Trinajstić information content (AvgIpc) is 2.88. The van der Waals surface area contributed by atoms with Gasteiger partial charge in [-0.15, -0.1) is 5.10 Å². The molecule has 106 valence electrons. The largest absolute Gasteiger partial charge is 0.354 e. The first-order chi connectivity index (χ1) is 9.67. The van der Waals surface area contributed by atoms with Gasteiger partial charge in [0.15, 0.2) is 0 Å². The Hall–Kier alpha value is -1.92. The van der Waals surface area contributed by atoms with Gasteiger partial charge in [0.25, 0.3) is 0 Å². The number of benzene rings is 1. The summed E-state index contributed by atoms with van der Waals surface area (Å²) in [7, 11) is 0. The van der Waals surface area contributed by atoms with E-state index in [1.165, 1.54) is 4.68 Å². The number of nitrogens with one attached hydrogen (secondary N) is 1. The quantitative estimate of drug-likeness (QED) is 0.823. The molecule has 6 nitrogen and oxygen atoms in total. The predicted molar refractivity (Wildman–Crippen MR) is 76.1 cm³/mol. The maximum atomic E-state index is 11.7. The normalized spacial score (nSPS) is 10.5. The molecule has 0 unspecified atom stereocenters. The minimum atomic E-state index is -0.104. The molecule has 0 fully saturated rings. The number of aromatic nitrogens is 3. The van der Waals surface area contributed by atoms with Crippen LogP contribution in [0.5, 0.6) is 0 Å². The van der Waals surface area contributed by atoms with E-state index in [1.54, 1.807) is 6.20 Å². The van der Waals surface area contributed by atoms with Crippen LogP contribution >= 0.6 is 11.6 Å². The molecule has 0 aliphatic heterocycles. The Bertz CT molecular complexity index is 566. The molecule has 20 heavy (non-hydrogen) atoms. The summed E-state index contributed by atoms with van der Waals surface area (Å²) < 4.78 is 1.47. The molecule has 0 saturated carbocycles. The van der Waals surface area contributed by atoms with Crippen LogP contribution in [0.4, 0.5) is 0 Å². The summed E-state index contributed by atoms with van der Waals surface area (Å²) in [4.78, 5) is 11.7. The van der Waals surface area contributed by atoms with Crippen LogP contribution in [0.15, 0.2) is 30.5 Å². The van der Waals surface area contributed by atoms with Crippen molar-refractivity contribution in [3.8, 4) is 0 Å². The maximum absolute atomic E-state index is 11.7. The lowest BCUT2D eigenvalue weighted by Gasteiger charge is -2.05. The fourth-order valence-corrected chi connectivity index (χ4v) is 1.84. The first-order valence-corrected chi connectivity index (χ1v) is 6.65. The maximum Gasteiger partial charge on any atom is 0.241 e. The topological polar surface area (TPSA) is 85.8 Å². The van der Waals surface area contributed by atoms with Crippen molar-refractivity contribution in [3.05, 3.63) is 46.7 Å². The highest BCUT2D eigenvalue weighted by molar-refractivity contribution is 6.30. The second-order valence-corrected chi connectivity index (χ2v) is 4.77. The van der Waals surface area contributed by atoms with Gasteiger partial charge in [0.2, 0.25) is 5.91 Å². The van der Waals surface area contributed by atoms with Gasteiger partial charge in [-0.25, -0.2) is 4.68 Å². The molecule has 1 aromatic heterocycles. The summed E-state index contributed by atoms with van der Waals surface area (Å²) in [5, 5.41) is 11.2. The number of nitrogens with zero attached hydrogens (tertiary/aromatic N) is 3. The van der Waals surface area contributed by atoms with Gasteiger partial charge in [-0.1, -0.05) is 28.9 Å². The van der Waals surface area contributed by atoms with E-state index >= 15 is 0 Å². The van der Waals surface area contributed by atoms with Crippen molar-refractivity contribution in [2.45, 2.75) is 19.5 Å². The third kappa shape index (κ3) is 4.32.